The molecule has 2 aromatic heterocycles. The number of amides is 1. The van der Waals surface area contributed by atoms with Crippen molar-refractivity contribution in [3.8, 4) is 0 Å². The second-order valence-electron chi connectivity index (χ2n) is 4.48. The zero-order valence-electron chi connectivity index (χ0n) is 11.5. The average molecular weight is 389 g/mol. The fourth-order valence-corrected chi connectivity index (χ4v) is 4.67. The Kier molecular flexibility index (Phi) is 4.23. The van der Waals surface area contributed by atoms with Crippen molar-refractivity contribution in [3.05, 3.63) is 34.2 Å². The number of nitrogens with one attached hydrogen (secondary N) is 2. The number of carbonyl (C=O) groups is 1. The first-order valence-electron chi connectivity index (χ1n) is 6.13. The van der Waals surface area contributed by atoms with Crippen LogP contribution in [0.4, 0.5) is 10.3 Å². The van der Waals surface area contributed by atoms with Crippen LogP contribution < -0.4 is 10.0 Å². The van der Waals surface area contributed by atoms with Gasteiger partial charge in [-0.1, -0.05) is 41.1 Å². The summed E-state index contributed by atoms with van der Waals surface area (Å²) < 4.78 is 25.3. The number of fused-ring (bicyclic) bond motifs is 1. The number of sulfonamides is 1. The Labute approximate surface area is 144 Å². The number of hydrogen-bond donors (Lipinski definition) is 2. The molecule has 23 heavy (non-hydrogen) atoms. The summed E-state index contributed by atoms with van der Waals surface area (Å²) in [6.07, 6.45) is 1.00. The van der Waals surface area contributed by atoms with Crippen molar-refractivity contribution in [3.63, 3.8) is 0 Å². The number of hydrogen-bond acceptors (Lipinski definition) is 7. The lowest BCUT2D eigenvalue weighted by Gasteiger charge is -1.98. The van der Waals surface area contributed by atoms with Gasteiger partial charge in [-0.2, -0.15) is 0 Å². The summed E-state index contributed by atoms with van der Waals surface area (Å²) in [5.41, 5.74) is 0. The molecular weight excluding hydrogens is 380 g/mol. The van der Waals surface area contributed by atoms with E-state index < -0.39 is 15.9 Å². The van der Waals surface area contributed by atoms with Gasteiger partial charge in [0.05, 0.1) is 11.3 Å². The standard InChI is InChI=1S/C12H9ClN4O3S3/c1-23(19,20)17-12-16-15-11(22-12)14-10(18)9-8(13)6-4-2-3-5-7(6)21-9/h2-5H,1H3,(H,16,17)(H,14,15,18). The van der Waals surface area contributed by atoms with Gasteiger partial charge in [0, 0.05) is 10.1 Å². The third kappa shape index (κ3) is 3.61. The van der Waals surface area contributed by atoms with E-state index in [4.69, 9.17) is 11.6 Å². The largest absolute Gasteiger partial charge is 0.296 e. The molecule has 1 amide bonds. The van der Waals surface area contributed by atoms with Crippen molar-refractivity contribution in [2.75, 3.05) is 16.3 Å². The van der Waals surface area contributed by atoms with Gasteiger partial charge in [0.25, 0.3) is 5.91 Å². The van der Waals surface area contributed by atoms with Gasteiger partial charge in [-0.25, -0.2) is 8.42 Å². The minimum absolute atomic E-state index is 0.0743. The zero-order valence-corrected chi connectivity index (χ0v) is 14.7. The van der Waals surface area contributed by atoms with Crippen molar-refractivity contribution in [1.82, 2.24) is 10.2 Å². The molecule has 0 fully saturated rings. The van der Waals surface area contributed by atoms with E-state index in [1.54, 1.807) is 0 Å². The van der Waals surface area contributed by atoms with E-state index in [-0.39, 0.29) is 10.3 Å². The molecule has 7 nitrogen and oxygen atoms in total. The first-order valence-corrected chi connectivity index (χ1v) is 10.0. The van der Waals surface area contributed by atoms with E-state index in [1.807, 2.05) is 24.3 Å². The monoisotopic (exact) mass is 388 g/mol. The molecule has 0 saturated carbocycles. The number of aromatic nitrogens is 2. The van der Waals surface area contributed by atoms with Gasteiger partial charge in [-0.3, -0.25) is 14.8 Å². The maximum absolute atomic E-state index is 12.3. The van der Waals surface area contributed by atoms with Crippen LogP contribution in [-0.4, -0.2) is 30.8 Å². The minimum Gasteiger partial charge on any atom is -0.296 e. The third-order valence-electron chi connectivity index (χ3n) is 2.66. The Hall–Kier alpha value is -1.75. The number of benzene rings is 1. The van der Waals surface area contributed by atoms with Gasteiger partial charge in [-0.15, -0.1) is 21.5 Å². The summed E-state index contributed by atoms with van der Waals surface area (Å²) in [4.78, 5) is 12.7. The lowest BCUT2D eigenvalue weighted by atomic mass is 10.2. The molecule has 0 atom stereocenters. The van der Waals surface area contributed by atoms with Gasteiger partial charge in [-0.05, 0) is 6.07 Å². The van der Waals surface area contributed by atoms with E-state index in [9.17, 15) is 13.2 Å². The Morgan fingerprint density at radius 2 is 1.87 bits per heavy atom. The van der Waals surface area contributed by atoms with Gasteiger partial charge >= 0.3 is 0 Å². The summed E-state index contributed by atoms with van der Waals surface area (Å²) in [7, 11) is -3.44. The van der Waals surface area contributed by atoms with Crippen LogP contribution in [0.15, 0.2) is 24.3 Å². The van der Waals surface area contributed by atoms with Crippen LogP contribution >= 0.6 is 34.3 Å². The molecule has 0 aliphatic rings. The highest BCUT2D eigenvalue weighted by atomic mass is 35.5. The average Bonchev–Trinajstić information content (AvgIpc) is 3.02. The molecule has 3 rings (SSSR count). The van der Waals surface area contributed by atoms with Gasteiger partial charge in [0.2, 0.25) is 20.3 Å². The summed E-state index contributed by atoms with van der Waals surface area (Å²) in [6.45, 7) is 0. The Balaban J connectivity index is 1.82. The van der Waals surface area contributed by atoms with Gasteiger partial charge in [0.15, 0.2) is 0 Å². The lowest BCUT2D eigenvalue weighted by molar-refractivity contribution is 0.103. The zero-order chi connectivity index (χ0) is 16.6. The molecule has 0 spiro atoms. The summed E-state index contributed by atoms with van der Waals surface area (Å²) in [6, 6.07) is 7.42. The molecule has 0 aliphatic carbocycles. The van der Waals surface area contributed by atoms with Crippen molar-refractivity contribution >= 4 is 70.6 Å². The van der Waals surface area contributed by atoms with E-state index in [0.717, 1.165) is 27.7 Å². The van der Waals surface area contributed by atoms with E-state index >= 15 is 0 Å². The fraction of sp³-hybridized carbons (Fsp3) is 0.0833. The predicted molar refractivity (Wildman–Crippen MR) is 93.2 cm³/mol. The third-order valence-corrected chi connectivity index (χ3v) is 5.78. The van der Waals surface area contributed by atoms with Crippen LogP contribution in [0.3, 0.4) is 0 Å². The maximum atomic E-state index is 12.3. The number of anilines is 2. The summed E-state index contributed by atoms with van der Waals surface area (Å²) >= 11 is 8.42. The molecule has 0 aliphatic heterocycles. The number of nitrogens with zero attached hydrogens (tertiary/aromatic N) is 2. The highest BCUT2D eigenvalue weighted by molar-refractivity contribution is 7.92. The minimum atomic E-state index is -3.44. The first kappa shape index (κ1) is 16.1. The van der Waals surface area contributed by atoms with Crippen molar-refractivity contribution < 1.29 is 13.2 Å². The number of halogens is 1. The van der Waals surface area contributed by atoms with Crippen molar-refractivity contribution in [2.24, 2.45) is 0 Å². The molecule has 120 valence electrons. The molecule has 1 aromatic carbocycles. The molecule has 11 heteroatoms. The fourth-order valence-electron chi connectivity index (χ4n) is 1.79. The molecular formula is C12H9ClN4O3S3. The Morgan fingerprint density at radius 3 is 2.57 bits per heavy atom. The molecule has 0 saturated heterocycles. The Bertz CT molecular complexity index is 996. The first-order chi connectivity index (χ1) is 10.8. The van der Waals surface area contributed by atoms with Crippen LogP contribution in [0.1, 0.15) is 9.67 Å². The molecule has 2 N–H and O–H groups in total. The Morgan fingerprint density at radius 1 is 1.17 bits per heavy atom. The maximum Gasteiger partial charge on any atom is 0.269 e. The molecule has 0 radical (unpaired) electrons. The van der Waals surface area contributed by atoms with Gasteiger partial charge in [0.1, 0.15) is 4.88 Å². The summed E-state index contributed by atoms with van der Waals surface area (Å²) in [5, 5.41) is 11.4. The molecule has 3 aromatic rings. The molecule has 0 bridgehead atoms. The van der Waals surface area contributed by atoms with E-state index in [1.165, 1.54) is 11.3 Å². The highest BCUT2D eigenvalue weighted by Crippen LogP contribution is 2.35. The number of carbonyl (C=O) groups excluding carboxylic acids is 1. The van der Waals surface area contributed by atoms with Crippen LogP contribution in [-0.2, 0) is 10.0 Å². The molecule has 2 heterocycles. The molecule has 0 unspecified atom stereocenters. The highest BCUT2D eigenvalue weighted by Gasteiger charge is 2.18. The summed E-state index contributed by atoms with van der Waals surface area (Å²) in [5.74, 6) is -0.418. The lowest BCUT2D eigenvalue weighted by Crippen LogP contribution is -2.10. The van der Waals surface area contributed by atoms with Crippen molar-refractivity contribution in [1.29, 1.82) is 0 Å². The van der Waals surface area contributed by atoms with Crippen LogP contribution in [0.25, 0.3) is 10.1 Å². The van der Waals surface area contributed by atoms with E-state index in [0.29, 0.717) is 9.90 Å². The normalized spacial score (nSPS) is 11.6. The smallest absolute Gasteiger partial charge is 0.269 e. The number of thiophene rings is 1. The van der Waals surface area contributed by atoms with Crippen LogP contribution in [0.5, 0.6) is 0 Å². The van der Waals surface area contributed by atoms with Crippen LogP contribution in [0, 0.1) is 0 Å². The second-order valence-corrected chi connectivity index (χ2v) is 8.64. The topological polar surface area (TPSA) is 101 Å². The van der Waals surface area contributed by atoms with Crippen LogP contribution in [0.2, 0.25) is 5.02 Å². The van der Waals surface area contributed by atoms with E-state index in [2.05, 4.69) is 20.2 Å². The van der Waals surface area contributed by atoms with Crippen molar-refractivity contribution in [2.45, 2.75) is 0 Å². The number of rotatable bonds is 4. The van der Waals surface area contributed by atoms with Gasteiger partial charge < -0.3 is 0 Å². The predicted octanol–water partition coefficient (Wildman–Crippen LogP) is 3.03. The quantitative estimate of drug-likeness (QED) is 0.715. The SMILES string of the molecule is CS(=O)(=O)Nc1nnc(NC(=O)c2sc3ccccc3c2Cl)s1. The second kappa shape index (κ2) is 6.04.